The van der Waals surface area contributed by atoms with Gasteiger partial charge in [-0.05, 0) is 19.4 Å². The SMILES string of the molecule is CCC(O)COc1cccc(C)c1[N+](=O)[O-]. The van der Waals surface area contributed by atoms with Crippen molar-refractivity contribution in [3.63, 3.8) is 0 Å². The molecule has 0 aromatic heterocycles. The van der Waals surface area contributed by atoms with Crippen LogP contribution in [0.15, 0.2) is 18.2 Å². The van der Waals surface area contributed by atoms with Gasteiger partial charge in [0.2, 0.25) is 0 Å². The van der Waals surface area contributed by atoms with Gasteiger partial charge in [-0.2, -0.15) is 0 Å². The maximum absolute atomic E-state index is 10.8. The number of aliphatic hydroxyl groups excluding tert-OH is 1. The van der Waals surface area contributed by atoms with Gasteiger partial charge in [0.15, 0.2) is 5.75 Å². The van der Waals surface area contributed by atoms with Crippen molar-refractivity contribution in [2.75, 3.05) is 6.61 Å². The quantitative estimate of drug-likeness (QED) is 0.614. The lowest BCUT2D eigenvalue weighted by molar-refractivity contribution is -0.386. The van der Waals surface area contributed by atoms with Crippen molar-refractivity contribution in [2.45, 2.75) is 26.4 Å². The molecule has 16 heavy (non-hydrogen) atoms. The normalized spacial score (nSPS) is 12.2. The number of benzene rings is 1. The minimum atomic E-state index is -0.597. The third-order valence-corrected chi connectivity index (χ3v) is 2.29. The molecule has 0 saturated carbocycles. The van der Waals surface area contributed by atoms with E-state index in [4.69, 9.17) is 4.74 Å². The molecule has 1 aromatic carbocycles. The minimum absolute atomic E-state index is 0.0363. The second-order valence-electron chi connectivity index (χ2n) is 3.55. The maximum atomic E-state index is 10.8. The van der Waals surface area contributed by atoms with Crippen molar-refractivity contribution in [2.24, 2.45) is 0 Å². The molecule has 0 saturated heterocycles. The van der Waals surface area contributed by atoms with Crippen LogP contribution in [0.1, 0.15) is 18.9 Å². The van der Waals surface area contributed by atoms with Crippen LogP contribution < -0.4 is 4.74 Å². The summed E-state index contributed by atoms with van der Waals surface area (Å²) in [5.41, 5.74) is 0.513. The van der Waals surface area contributed by atoms with Crippen LogP contribution in [0.4, 0.5) is 5.69 Å². The summed E-state index contributed by atoms with van der Waals surface area (Å²) in [7, 11) is 0. The van der Waals surface area contributed by atoms with Gasteiger partial charge in [-0.25, -0.2) is 0 Å². The fraction of sp³-hybridized carbons (Fsp3) is 0.455. The van der Waals surface area contributed by atoms with Crippen molar-refractivity contribution in [1.82, 2.24) is 0 Å². The molecular formula is C11H15NO4. The average molecular weight is 225 g/mol. The van der Waals surface area contributed by atoms with Gasteiger partial charge in [0.1, 0.15) is 6.61 Å². The largest absolute Gasteiger partial charge is 0.484 e. The molecule has 0 fully saturated rings. The Morgan fingerprint density at radius 2 is 2.25 bits per heavy atom. The fourth-order valence-electron chi connectivity index (χ4n) is 1.29. The van der Waals surface area contributed by atoms with E-state index in [9.17, 15) is 15.2 Å². The molecule has 1 aromatic rings. The van der Waals surface area contributed by atoms with Crippen molar-refractivity contribution in [3.8, 4) is 5.75 Å². The predicted molar refractivity (Wildman–Crippen MR) is 59.6 cm³/mol. The van der Waals surface area contributed by atoms with Gasteiger partial charge in [-0.1, -0.05) is 19.1 Å². The lowest BCUT2D eigenvalue weighted by atomic mass is 10.2. The Hall–Kier alpha value is -1.62. The van der Waals surface area contributed by atoms with Crippen LogP contribution in [0, 0.1) is 17.0 Å². The van der Waals surface area contributed by atoms with E-state index in [0.29, 0.717) is 12.0 Å². The van der Waals surface area contributed by atoms with Crippen molar-refractivity contribution < 1.29 is 14.8 Å². The van der Waals surface area contributed by atoms with Gasteiger partial charge in [0, 0.05) is 5.56 Å². The summed E-state index contributed by atoms with van der Waals surface area (Å²) >= 11 is 0. The Morgan fingerprint density at radius 1 is 1.56 bits per heavy atom. The number of hydrogen-bond donors (Lipinski definition) is 1. The molecule has 1 unspecified atom stereocenters. The van der Waals surface area contributed by atoms with Crippen molar-refractivity contribution >= 4 is 5.69 Å². The van der Waals surface area contributed by atoms with Crippen LogP contribution in [-0.2, 0) is 0 Å². The Labute approximate surface area is 93.8 Å². The number of nitrogens with zero attached hydrogens (tertiary/aromatic N) is 1. The van der Waals surface area contributed by atoms with E-state index < -0.39 is 11.0 Å². The zero-order valence-electron chi connectivity index (χ0n) is 9.34. The highest BCUT2D eigenvalue weighted by Gasteiger charge is 2.18. The first-order valence-corrected chi connectivity index (χ1v) is 5.11. The molecule has 0 aliphatic heterocycles. The zero-order valence-corrected chi connectivity index (χ0v) is 9.34. The van der Waals surface area contributed by atoms with Gasteiger partial charge >= 0.3 is 5.69 Å². The highest BCUT2D eigenvalue weighted by molar-refractivity contribution is 5.51. The number of aliphatic hydroxyl groups is 1. The number of rotatable bonds is 5. The van der Waals surface area contributed by atoms with Crippen LogP contribution in [0.5, 0.6) is 5.75 Å². The number of nitro groups is 1. The molecular weight excluding hydrogens is 210 g/mol. The number of aryl methyl sites for hydroxylation is 1. The van der Waals surface area contributed by atoms with Crippen LogP contribution >= 0.6 is 0 Å². The molecule has 0 aliphatic carbocycles. The van der Waals surface area contributed by atoms with Gasteiger partial charge in [0.25, 0.3) is 0 Å². The van der Waals surface area contributed by atoms with E-state index in [-0.39, 0.29) is 18.0 Å². The number of nitro benzene ring substituents is 1. The summed E-state index contributed by atoms with van der Waals surface area (Å²) in [4.78, 5) is 10.4. The summed E-state index contributed by atoms with van der Waals surface area (Å²) < 4.78 is 5.24. The maximum Gasteiger partial charge on any atom is 0.313 e. The third kappa shape index (κ3) is 2.93. The molecule has 0 bridgehead atoms. The van der Waals surface area contributed by atoms with Crippen LogP contribution in [0.25, 0.3) is 0 Å². The Morgan fingerprint density at radius 3 is 2.81 bits per heavy atom. The van der Waals surface area contributed by atoms with E-state index in [0.717, 1.165) is 0 Å². The van der Waals surface area contributed by atoms with E-state index in [1.54, 1.807) is 19.1 Å². The second-order valence-corrected chi connectivity index (χ2v) is 3.55. The van der Waals surface area contributed by atoms with Crippen molar-refractivity contribution in [3.05, 3.63) is 33.9 Å². The lowest BCUT2D eigenvalue weighted by Gasteiger charge is -2.11. The van der Waals surface area contributed by atoms with Crippen LogP contribution in [0.2, 0.25) is 0 Å². The summed E-state index contributed by atoms with van der Waals surface area (Å²) in [6.07, 6.45) is -0.0419. The number of para-hydroxylation sites is 1. The molecule has 0 aliphatic rings. The lowest BCUT2D eigenvalue weighted by Crippen LogP contribution is -2.16. The molecule has 0 radical (unpaired) electrons. The predicted octanol–water partition coefficient (Wildman–Crippen LogP) is 2.05. The first-order valence-electron chi connectivity index (χ1n) is 5.11. The van der Waals surface area contributed by atoms with Gasteiger partial charge in [0.05, 0.1) is 11.0 Å². The second kappa shape index (κ2) is 5.46. The minimum Gasteiger partial charge on any atom is -0.484 e. The topological polar surface area (TPSA) is 72.6 Å². The van der Waals surface area contributed by atoms with E-state index >= 15 is 0 Å². The van der Waals surface area contributed by atoms with Gasteiger partial charge in [-0.3, -0.25) is 10.1 Å². The molecule has 0 heterocycles. The molecule has 0 spiro atoms. The highest BCUT2D eigenvalue weighted by atomic mass is 16.6. The summed E-state index contributed by atoms with van der Waals surface area (Å²) in [5, 5.41) is 20.1. The Balaban J connectivity index is 2.87. The van der Waals surface area contributed by atoms with Crippen LogP contribution in [0.3, 0.4) is 0 Å². The number of hydrogen-bond acceptors (Lipinski definition) is 4. The van der Waals surface area contributed by atoms with Gasteiger partial charge < -0.3 is 9.84 Å². The molecule has 5 nitrogen and oxygen atoms in total. The van der Waals surface area contributed by atoms with E-state index in [1.807, 2.05) is 6.92 Å². The molecule has 1 atom stereocenters. The zero-order chi connectivity index (χ0) is 12.1. The molecule has 1 N–H and O–H groups in total. The Kier molecular flexibility index (Phi) is 4.25. The number of ether oxygens (including phenoxy) is 1. The van der Waals surface area contributed by atoms with E-state index in [2.05, 4.69) is 0 Å². The first kappa shape index (κ1) is 12.4. The summed E-state index contributed by atoms with van der Waals surface area (Å²) in [6, 6.07) is 4.88. The molecule has 5 heteroatoms. The monoisotopic (exact) mass is 225 g/mol. The van der Waals surface area contributed by atoms with E-state index in [1.165, 1.54) is 6.07 Å². The standard InChI is InChI=1S/C11H15NO4/c1-3-9(13)7-16-10-6-4-5-8(2)11(10)12(14)15/h4-6,9,13H,3,7H2,1-2H3. The first-order chi connectivity index (χ1) is 7.56. The smallest absolute Gasteiger partial charge is 0.313 e. The fourth-order valence-corrected chi connectivity index (χ4v) is 1.29. The average Bonchev–Trinajstić information content (AvgIpc) is 2.25. The third-order valence-electron chi connectivity index (χ3n) is 2.29. The summed E-state index contributed by atoms with van der Waals surface area (Å²) in [6.45, 7) is 3.54. The summed E-state index contributed by atoms with van der Waals surface area (Å²) in [5.74, 6) is 0.206. The molecule has 1 rings (SSSR count). The molecule has 0 amide bonds. The van der Waals surface area contributed by atoms with Gasteiger partial charge in [-0.15, -0.1) is 0 Å². The van der Waals surface area contributed by atoms with Crippen LogP contribution in [-0.4, -0.2) is 22.7 Å². The molecule has 88 valence electrons. The Bertz CT molecular complexity index is 378. The highest BCUT2D eigenvalue weighted by Crippen LogP contribution is 2.30. The van der Waals surface area contributed by atoms with Crippen molar-refractivity contribution in [1.29, 1.82) is 0 Å².